The van der Waals surface area contributed by atoms with Crippen molar-refractivity contribution in [1.29, 1.82) is 0 Å². The summed E-state index contributed by atoms with van der Waals surface area (Å²) in [5, 5.41) is 17.7. The third-order valence-corrected chi connectivity index (χ3v) is 10.1. The van der Waals surface area contributed by atoms with Crippen LogP contribution in [0.15, 0.2) is 138 Å². The van der Waals surface area contributed by atoms with E-state index < -0.39 is 10.8 Å². The Hall–Kier alpha value is -4.84. The van der Waals surface area contributed by atoms with Crippen LogP contribution in [0.2, 0.25) is 0 Å². The number of anilines is 5. The number of nitro groups is 1. The largest absolute Gasteiger partial charge is 0.355 e. The number of hydrogen-bond donors (Lipinski definition) is 3. The van der Waals surface area contributed by atoms with Crippen molar-refractivity contribution in [3.8, 4) is 0 Å². The lowest BCUT2D eigenvalue weighted by atomic mass is 10.1. The third-order valence-electron chi connectivity index (χ3n) is 8.28. The molecule has 0 aliphatic heterocycles. The van der Waals surface area contributed by atoms with E-state index in [0.29, 0.717) is 11.3 Å². The Morgan fingerprint density at radius 3 is 1.80 bits per heavy atom. The maximum absolute atomic E-state index is 13.1. The first-order valence-corrected chi connectivity index (χ1v) is 19.8. The predicted octanol–water partition coefficient (Wildman–Crippen LogP) is 11.5. The monoisotopic (exact) mass is 1020 g/mol. The maximum Gasteiger partial charge on any atom is 0.277 e. The van der Waals surface area contributed by atoms with E-state index in [1.807, 2.05) is 116 Å². The van der Waals surface area contributed by atoms with Crippen LogP contribution in [0.1, 0.15) is 37.4 Å². The first-order chi connectivity index (χ1) is 26.4. The van der Waals surface area contributed by atoms with Gasteiger partial charge in [-0.25, -0.2) is 5.48 Å². The number of hydroxylamine groups is 1. The Labute approximate surface area is 355 Å². The average molecular weight is 1020 g/mol. The van der Waals surface area contributed by atoms with Gasteiger partial charge in [-0.3, -0.25) is 24.5 Å². The second-order valence-electron chi connectivity index (χ2n) is 12.3. The molecule has 6 rings (SSSR count). The molecule has 6 aromatic carbocycles. The van der Waals surface area contributed by atoms with Gasteiger partial charge in [-0.2, -0.15) is 0 Å². The summed E-state index contributed by atoms with van der Waals surface area (Å²) in [6.07, 6.45) is 0. The minimum atomic E-state index is -0.574. The van der Waals surface area contributed by atoms with Crippen molar-refractivity contribution in [3.05, 3.63) is 183 Å². The summed E-state index contributed by atoms with van der Waals surface area (Å²) in [5.74, 6) is -0.640. The molecule has 55 heavy (non-hydrogen) atoms. The van der Waals surface area contributed by atoms with Crippen molar-refractivity contribution in [1.82, 2.24) is 5.48 Å². The zero-order valence-electron chi connectivity index (χ0n) is 30.0. The number of nitrogens with zero attached hydrogens (tertiary/aromatic N) is 2. The molecule has 0 aliphatic carbocycles. The van der Waals surface area contributed by atoms with E-state index in [1.165, 1.54) is 21.8 Å². The minimum Gasteiger partial charge on any atom is -0.355 e. The van der Waals surface area contributed by atoms with Crippen molar-refractivity contribution in [2.24, 2.45) is 0 Å². The molecule has 0 aliphatic rings. The smallest absolute Gasteiger partial charge is 0.277 e. The van der Waals surface area contributed by atoms with Crippen molar-refractivity contribution in [2.75, 3.05) is 22.6 Å². The van der Waals surface area contributed by atoms with Crippen LogP contribution >= 0.6 is 61.1 Å². The van der Waals surface area contributed by atoms with Crippen LogP contribution < -0.4 is 21.0 Å². The van der Waals surface area contributed by atoms with E-state index in [4.69, 9.17) is 4.84 Å². The summed E-state index contributed by atoms with van der Waals surface area (Å²) >= 11 is 7.99. The number of carbonyl (C=O) groups is 2. The quantitative estimate of drug-likeness (QED) is 0.0670. The number of halogens is 3. The number of nitrogens with one attached hydrogen (secondary N) is 3. The molecule has 0 unspecified atom stereocenters. The third kappa shape index (κ3) is 11.6. The normalized spacial score (nSPS) is 10.4. The van der Waals surface area contributed by atoms with Crippen LogP contribution in [0.5, 0.6) is 0 Å². The van der Waals surface area contributed by atoms with Gasteiger partial charge >= 0.3 is 0 Å². The highest BCUT2D eigenvalue weighted by Gasteiger charge is 2.20. The van der Waals surface area contributed by atoms with Gasteiger partial charge in [0.2, 0.25) is 0 Å². The summed E-state index contributed by atoms with van der Waals surface area (Å²) in [6, 6.07) is 40.8. The van der Waals surface area contributed by atoms with Crippen LogP contribution in [-0.2, 0) is 11.4 Å². The van der Waals surface area contributed by atoms with Gasteiger partial charge in [-0.1, -0.05) is 64.5 Å². The topological polar surface area (TPSA) is 126 Å². The lowest BCUT2D eigenvalue weighted by Crippen LogP contribution is -2.26. The maximum atomic E-state index is 13.1. The van der Waals surface area contributed by atoms with Crippen molar-refractivity contribution < 1.29 is 19.3 Å². The Morgan fingerprint density at radius 2 is 1.24 bits per heavy atom. The Balaban J connectivity index is 0.000000212. The van der Waals surface area contributed by atoms with Crippen LogP contribution in [0.25, 0.3) is 0 Å². The highest BCUT2D eigenvalue weighted by atomic mass is 127. The molecule has 0 radical (unpaired) electrons. The number of amides is 2. The molecule has 0 bridgehead atoms. The molecule has 0 spiro atoms. The first-order valence-electron chi connectivity index (χ1n) is 16.8. The van der Waals surface area contributed by atoms with Gasteiger partial charge in [0.1, 0.15) is 0 Å². The number of rotatable bonds is 11. The second kappa shape index (κ2) is 19.7. The van der Waals surface area contributed by atoms with Gasteiger partial charge < -0.3 is 15.5 Å². The zero-order chi connectivity index (χ0) is 39.5. The fourth-order valence-electron chi connectivity index (χ4n) is 5.33. The van der Waals surface area contributed by atoms with Gasteiger partial charge in [-0.05, 0) is 149 Å². The molecular weight excluding hydrogens is 988 g/mol. The molecule has 0 atom stereocenters. The molecule has 0 fully saturated rings. The van der Waals surface area contributed by atoms with Crippen molar-refractivity contribution >= 4 is 107 Å². The van der Waals surface area contributed by atoms with Gasteiger partial charge in [0, 0.05) is 47.9 Å². The number of hydrogen-bond acceptors (Lipinski definition) is 7. The molecule has 0 heterocycles. The Morgan fingerprint density at radius 1 is 0.709 bits per heavy atom. The molecule has 13 heteroatoms. The van der Waals surface area contributed by atoms with Crippen LogP contribution in [-0.4, -0.2) is 23.8 Å². The van der Waals surface area contributed by atoms with Gasteiger partial charge in [-0.15, -0.1) is 0 Å². The molecule has 6 aromatic rings. The number of carbonyl (C=O) groups excluding carboxylic acids is 2. The van der Waals surface area contributed by atoms with Gasteiger partial charge in [0.15, 0.2) is 0 Å². The van der Waals surface area contributed by atoms with Crippen LogP contribution in [0.3, 0.4) is 0 Å². The minimum absolute atomic E-state index is 0.0665. The standard InChI is InChI=1S/C21H18BrIN2O.C21H18IN3O4/c1-14-12-16(23)9-11-19(14)24-20-10-8-15(22)13-18(20)21(26)25(2)17-6-4-3-5-7-17;1-14-11-16(22)7-9-19(14)23-20-10-8-17(25(27)28)12-18(20)21(26)24-29-13-15-5-3-2-4-6-15/h3-13,24H,1-2H3;2-12,23H,13H2,1H3,(H,24,26). The highest BCUT2D eigenvalue weighted by molar-refractivity contribution is 14.1. The number of aryl methyl sites for hydroxylation is 2. The summed E-state index contributed by atoms with van der Waals surface area (Å²) in [4.78, 5) is 43.3. The SMILES string of the molecule is Cc1cc(I)ccc1Nc1ccc(Br)cc1C(=O)N(C)c1ccccc1.Cc1cc(I)ccc1Nc1ccc([N+](=O)[O-])cc1C(=O)NOCc1ccccc1. The van der Waals surface area contributed by atoms with E-state index in [0.717, 1.165) is 47.5 Å². The molecule has 280 valence electrons. The lowest BCUT2D eigenvalue weighted by Gasteiger charge is -2.20. The second-order valence-corrected chi connectivity index (χ2v) is 15.7. The van der Waals surface area contributed by atoms with E-state index >= 15 is 0 Å². The first kappa shape index (κ1) is 41.3. The molecule has 0 saturated heterocycles. The van der Waals surface area contributed by atoms with Gasteiger partial charge in [0.25, 0.3) is 17.5 Å². The predicted molar refractivity (Wildman–Crippen MR) is 239 cm³/mol. The zero-order valence-corrected chi connectivity index (χ0v) is 35.9. The Bertz CT molecular complexity index is 2310. The fourth-order valence-corrected chi connectivity index (χ4v) is 6.99. The fraction of sp³-hybridized carbons (Fsp3) is 0.0952. The van der Waals surface area contributed by atoms with Crippen LogP contribution in [0, 0.1) is 31.1 Å². The van der Waals surface area contributed by atoms with Crippen molar-refractivity contribution in [3.63, 3.8) is 0 Å². The Kier molecular flexibility index (Phi) is 14.8. The number of para-hydroxylation sites is 1. The molecule has 10 nitrogen and oxygen atoms in total. The van der Waals surface area contributed by atoms with Crippen LogP contribution in [0.4, 0.5) is 34.1 Å². The van der Waals surface area contributed by atoms with E-state index in [2.05, 4.69) is 90.2 Å². The number of non-ortho nitro benzene ring substituents is 1. The average Bonchev–Trinajstić information content (AvgIpc) is 3.18. The molecule has 0 aromatic heterocycles. The van der Waals surface area contributed by atoms with Gasteiger partial charge in [0.05, 0.1) is 34.0 Å². The molecule has 3 N–H and O–H groups in total. The number of nitro benzene ring substituents is 1. The molecule has 2 amide bonds. The number of benzene rings is 6. The molecule has 0 saturated carbocycles. The highest BCUT2D eigenvalue weighted by Crippen LogP contribution is 2.30. The van der Waals surface area contributed by atoms with E-state index in [1.54, 1.807) is 11.9 Å². The van der Waals surface area contributed by atoms with E-state index in [9.17, 15) is 19.7 Å². The van der Waals surface area contributed by atoms with Crippen molar-refractivity contribution in [2.45, 2.75) is 20.5 Å². The summed E-state index contributed by atoms with van der Waals surface area (Å²) in [6.45, 7) is 4.18. The summed E-state index contributed by atoms with van der Waals surface area (Å²) < 4.78 is 3.13. The molecular formula is C42H36BrI2N5O5. The van der Waals surface area contributed by atoms with E-state index in [-0.39, 0.29) is 23.8 Å². The lowest BCUT2D eigenvalue weighted by molar-refractivity contribution is -0.384. The summed E-state index contributed by atoms with van der Waals surface area (Å²) in [7, 11) is 1.79. The summed E-state index contributed by atoms with van der Waals surface area (Å²) in [5.41, 5.74) is 9.80.